The molecule has 0 saturated heterocycles. The van der Waals surface area contributed by atoms with Gasteiger partial charge in [-0.25, -0.2) is 4.98 Å². The van der Waals surface area contributed by atoms with Crippen molar-refractivity contribution in [3.05, 3.63) is 156 Å². The van der Waals surface area contributed by atoms with Crippen LogP contribution in [-0.4, -0.2) is 19.5 Å². The average Bonchev–Trinajstić information content (AvgIpc) is 3.66. The molecule has 0 aliphatic carbocycles. The van der Waals surface area contributed by atoms with Crippen molar-refractivity contribution in [1.29, 1.82) is 0 Å². The van der Waals surface area contributed by atoms with Gasteiger partial charge in [0.15, 0.2) is 11.6 Å². The van der Waals surface area contributed by atoms with Crippen molar-refractivity contribution in [2.24, 2.45) is 0 Å². The molecule has 0 aliphatic rings. The Bertz CT molecular complexity index is 2510. The summed E-state index contributed by atoms with van der Waals surface area (Å²) >= 11 is 1.89. The summed E-state index contributed by atoms with van der Waals surface area (Å²) in [4.78, 5) is 15.1. The van der Waals surface area contributed by atoms with Gasteiger partial charge >= 0.3 is 0 Å². The van der Waals surface area contributed by atoms with E-state index in [-0.39, 0.29) is 0 Å². The van der Waals surface area contributed by atoms with Crippen molar-refractivity contribution >= 4 is 53.3 Å². The summed E-state index contributed by atoms with van der Waals surface area (Å²) in [5, 5.41) is 5.10. The first-order valence-corrected chi connectivity index (χ1v) is 16.3. The Morgan fingerprint density at radius 1 is 0.565 bits per heavy atom. The van der Waals surface area contributed by atoms with Crippen molar-refractivity contribution in [2.75, 3.05) is 0 Å². The molecule has 5 heteroatoms. The van der Waals surface area contributed by atoms with Crippen LogP contribution in [-0.2, 0) is 6.42 Å². The van der Waals surface area contributed by atoms with E-state index < -0.39 is 0 Å². The van der Waals surface area contributed by atoms with Gasteiger partial charge in [0.2, 0.25) is 5.95 Å². The second-order valence-corrected chi connectivity index (χ2v) is 12.8. The molecule has 218 valence electrons. The SMILES string of the molecule is Cc1cccc2c1c1cc(Cc3cccc4c3sc3ccccc34)ccc1n2-c1nc(-c2ccccc2)nc(-c2ccccc2)n1. The van der Waals surface area contributed by atoms with Gasteiger partial charge < -0.3 is 0 Å². The minimum Gasteiger partial charge on any atom is -0.278 e. The predicted octanol–water partition coefficient (Wildman–Crippen LogP) is 10.6. The fraction of sp³-hybridized carbons (Fsp3) is 0.0488. The summed E-state index contributed by atoms with van der Waals surface area (Å²) < 4.78 is 4.91. The summed E-state index contributed by atoms with van der Waals surface area (Å²) in [5.74, 6) is 1.92. The van der Waals surface area contributed by atoms with Crippen LogP contribution in [0.2, 0.25) is 0 Å². The van der Waals surface area contributed by atoms with Crippen LogP contribution in [0, 0.1) is 6.92 Å². The Labute approximate surface area is 270 Å². The zero-order valence-electron chi connectivity index (χ0n) is 25.2. The van der Waals surface area contributed by atoms with Gasteiger partial charge in [0.25, 0.3) is 0 Å². The number of nitrogens with zero attached hydrogens (tertiary/aromatic N) is 4. The lowest BCUT2D eigenvalue weighted by molar-refractivity contribution is 0.953. The number of fused-ring (bicyclic) bond motifs is 6. The maximum atomic E-state index is 5.09. The number of benzene rings is 6. The van der Waals surface area contributed by atoms with E-state index in [1.54, 1.807) is 0 Å². The van der Waals surface area contributed by atoms with Gasteiger partial charge in [0, 0.05) is 42.1 Å². The summed E-state index contributed by atoms with van der Waals surface area (Å²) in [6.07, 6.45) is 0.862. The van der Waals surface area contributed by atoms with Crippen LogP contribution >= 0.6 is 11.3 Å². The number of aromatic nitrogens is 4. The van der Waals surface area contributed by atoms with E-state index in [0.29, 0.717) is 17.6 Å². The first-order chi connectivity index (χ1) is 22.7. The molecule has 0 amide bonds. The molecule has 46 heavy (non-hydrogen) atoms. The van der Waals surface area contributed by atoms with Crippen LogP contribution in [0.15, 0.2) is 140 Å². The van der Waals surface area contributed by atoms with E-state index in [1.807, 2.05) is 72.0 Å². The summed E-state index contributed by atoms with van der Waals surface area (Å²) in [6, 6.07) is 49.1. The Hall–Kier alpha value is -5.65. The smallest absolute Gasteiger partial charge is 0.238 e. The number of thiophene rings is 1. The van der Waals surface area contributed by atoms with Crippen LogP contribution in [0.3, 0.4) is 0 Å². The van der Waals surface area contributed by atoms with Crippen molar-refractivity contribution in [1.82, 2.24) is 19.5 Å². The Morgan fingerprint density at radius 3 is 2.00 bits per heavy atom. The molecule has 9 rings (SSSR count). The molecule has 0 radical (unpaired) electrons. The highest BCUT2D eigenvalue weighted by Gasteiger charge is 2.19. The Morgan fingerprint density at radius 2 is 1.24 bits per heavy atom. The van der Waals surface area contributed by atoms with Crippen molar-refractivity contribution in [3.8, 4) is 28.7 Å². The molecule has 3 heterocycles. The van der Waals surface area contributed by atoms with Gasteiger partial charge in [-0.05, 0) is 54.3 Å². The fourth-order valence-electron chi connectivity index (χ4n) is 6.68. The van der Waals surface area contributed by atoms with E-state index in [1.165, 1.54) is 47.6 Å². The van der Waals surface area contributed by atoms with Crippen LogP contribution in [0.5, 0.6) is 0 Å². The first kappa shape index (κ1) is 26.7. The van der Waals surface area contributed by atoms with Gasteiger partial charge in [0.05, 0.1) is 11.0 Å². The van der Waals surface area contributed by atoms with Crippen molar-refractivity contribution in [3.63, 3.8) is 0 Å². The van der Waals surface area contributed by atoms with Gasteiger partial charge in [-0.2, -0.15) is 9.97 Å². The van der Waals surface area contributed by atoms with E-state index in [0.717, 1.165) is 28.6 Å². The Balaban J connectivity index is 1.24. The largest absolute Gasteiger partial charge is 0.278 e. The molecule has 0 N–H and O–H groups in total. The molecule has 3 aromatic heterocycles. The highest BCUT2D eigenvalue weighted by Crippen LogP contribution is 2.38. The van der Waals surface area contributed by atoms with E-state index in [2.05, 4.69) is 90.4 Å². The zero-order valence-corrected chi connectivity index (χ0v) is 26.0. The van der Waals surface area contributed by atoms with Crippen LogP contribution in [0.4, 0.5) is 0 Å². The quantitative estimate of drug-likeness (QED) is 0.195. The molecule has 6 aromatic carbocycles. The molecule has 0 aliphatic heterocycles. The number of rotatable bonds is 5. The van der Waals surface area contributed by atoms with Crippen LogP contribution < -0.4 is 0 Å². The monoisotopic (exact) mass is 608 g/mol. The molecule has 0 saturated carbocycles. The number of hydrogen-bond donors (Lipinski definition) is 0. The molecular formula is C41H28N4S. The lowest BCUT2D eigenvalue weighted by Gasteiger charge is -2.11. The van der Waals surface area contributed by atoms with Crippen molar-refractivity contribution in [2.45, 2.75) is 13.3 Å². The molecule has 4 nitrogen and oxygen atoms in total. The van der Waals surface area contributed by atoms with E-state index in [4.69, 9.17) is 15.0 Å². The fourth-order valence-corrected chi connectivity index (χ4v) is 7.90. The lowest BCUT2D eigenvalue weighted by Crippen LogP contribution is -2.06. The van der Waals surface area contributed by atoms with Crippen LogP contribution in [0.25, 0.3) is 70.7 Å². The first-order valence-electron chi connectivity index (χ1n) is 15.5. The van der Waals surface area contributed by atoms with Gasteiger partial charge in [-0.1, -0.05) is 115 Å². The normalized spacial score (nSPS) is 11.7. The second-order valence-electron chi connectivity index (χ2n) is 11.7. The van der Waals surface area contributed by atoms with Crippen molar-refractivity contribution < 1.29 is 0 Å². The minimum atomic E-state index is 0.612. The summed E-state index contributed by atoms with van der Waals surface area (Å²) in [6.45, 7) is 2.19. The Kier molecular flexibility index (Phi) is 6.25. The second kappa shape index (κ2) is 10.8. The average molecular weight is 609 g/mol. The number of aryl methyl sites for hydroxylation is 1. The lowest BCUT2D eigenvalue weighted by atomic mass is 10.00. The molecule has 9 aromatic rings. The molecular weight excluding hydrogens is 581 g/mol. The third-order valence-corrected chi connectivity index (χ3v) is 10.1. The molecule has 0 fully saturated rings. The molecule has 0 unspecified atom stereocenters. The van der Waals surface area contributed by atoms with E-state index >= 15 is 0 Å². The van der Waals surface area contributed by atoms with Crippen LogP contribution in [0.1, 0.15) is 16.7 Å². The van der Waals surface area contributed by atoms with E-state index in [9.17, 15) is 0 Å². The highest BCUT2D eigenvalue weighted by molar-refractivity contribution is 7.26. The van der Waals surface area contributed by atoms with Gasteiger partial charge in [-0.15, -0.1) is 11.3 Å². The third-order valence-electron chi connectivity index (χ3n) is 8.83. The summed E-state index contributed by atoms with van der Waals surface area (Å²) in [7, 11) is 0. The number of hydrogen-bond acceptors (Lipinski definition) is 4. The maximum absolute atomic E-state index is 5.09. The van der Waals surface area contributed by atoms with Gasteiger partial charge in [-0.3, -0.25) is 4.57 Å². The summed E-state index contributed by atoms with van der Waals surface area (Å²) in [5.41, 5.74) is 7.95. The molecule has 0 bridgehead atoms. The standard InChI is InChI=1S/C41H28N4S/c1-26-12-10-20-35-37(26)33-25-27(24-30-17-11-19-32-31-18-8-9-21-36(31)46-38(30)32)22-23-34(33)45(35)41-43-39(28-13-4-2-5-14-28)42-40(44-41)29-15-6-3-7-16-29/h2-23,25H,24H2,1H3. The minimum absolute atomic E-state index is 0.612. The third kappa shape index (κ3) is 4.39. The molecule has 0 atom stereocenters. The zero-order chi connectivity index (χ0) is 30.6. The predicted molar refractivity (Wildman–Crippen MR) is 192 cm³/mol. The van der Waals surface area contributed by atoms with Gasteiger partial charge in [0.1, 0.15) is 0 Å². The highest BCUT2D eigenvalue weighted by atomic mass is 32.1. The maximum Gasteiger partial charge on any atom is 0.238 e. The molecule has 0 spiro atoms. The topological polar surface area (TPSA) is 43.6 Å².